The molecule has 0 amide bonds. The van der Waals surface area contributed by atoms with E-state index in [4.69, 9.17) is 0 Å². The van der Waals surface area contributed by atoms with Crippen LogP contribution in [0.2, 0.25) is 0 Å². The molecule has 0 bridgehead atoms. The van der Waals surface area contributed by atoms with E-state index in [1.165, 1.54) is 11.3 Å². The van der Waals surface area contributed by atoms with Gasteiger partial charge in [-0.15, -0.1) is 16.9 Å². The number of nitrogens with one attached hydrogen (secondary N) is 1. The summed E-state index contributed by atoms with van der Waals surface area (Å²) in [4.78, 5) is 11.5. The summed E-state index contributed by atoms with van der Waals surface area (Å²) in [6.07, 6.45) is 1.67. The van der Waals surface area contributed by atoms with Gasteiger partial charge >= 0.3 is 4.87 Å². The lowest BCUT2D eigenvalue weighted by molar-refractivity contribution is 0.730. The first kappa shape index (κ1) is 10.4. The molecule has 1 N–H and O–H groups in total. The SMILES string of the molecule is Cc1csc(=O)n1CCSc1cn[nH]n1. The highest BCUT2D eigenvalue weighted by molar-refractivity contribution is 7.99. The third-order valence-electron chi connectivity index (χ3n) is 1.93. The van der Waals surface area contributed by atoms with Gasteiger partial charge in [-0.05, 0) is 6.92 Å². The fourth-order valence-electron chi connectivity index (χ4n) is 1.18. The van der Waals surface area contributed by atoms with Crippen LogP contribution >= 0.6 is 23.1 Å². The molecule has 0 unspecified atom stereocenters. The third-order valence-corrected chi connectivity index (χ3v) is 3.69. The first-order chi connectivity index (χ1) is 7.27. The lowest BCUT2D eigenvalue weighted by Gasteiger charge is -2.01. The van der Waals surface area contributed by atoms with Crippen LogP contribution in [0.25, 0.3) is 0 Å². The smallest absolute Gasteiger partial charge is 0.303 e. The van der Waals surface area contributed by atoms with Crippen LogP contribution in [-0.4, -0.2) is 25.7 Å². The largest absolute Gasteiger partial charge is 0.307 e. The van der Waals surface area contributed by atoms with Gasteiger partial charge in [-0.25, -0.2) is 0 Å². The first-order valence-corrected chi connectivity index (χ1v) is 6.27. The lowest BCUT2D eigenvalue weighted by atomic mass is 10.5. The molecular weight excluding hydrogens is 232 g/mol. The molecule has 0 aromatic carbocycles. The monoisotopic (exact) mass is 242 g/mol. The van der Waals surface area contributed by atoms with Crippen molar-refractivity contribution in [2.24, 2.45) is 0 Å². The van der Waals surface area contributed by atoms with Crippen molar-refractivity contribution in [3.8, 4) is 0 Å². The van der Waals surface area contributed by atoms with Gasteiger partial charge in [0.15, 0.2) is 0 Å². The van der Waals surface area contributed by atoms with Gasteiger partial charge in [0.25, 0.3) is 0 Å². The normalized spacial score (nSPS) is 10.7. The first-order valence-electron chi connectivity index (χ1n) is 4.41. The lowest BCUT2D eigenvalue weighted by Crippen LogP contribution is -2.15. The van der Waals surface area contributed by atoms with E-state index in [9.17, 15) is 4.79 Å². The molecule has 7 heteroatoms. The maximum atomic E-state index is 11.4. The van der Waals surface area contributed by atoms with Crippen molar-refractivity contribution in [3.63, 3.8) is 0 Å². The molecule has 2 heterocycles. The number of aromatic amines is 1. The molecule has 80 valence electrons. The van der Waals surface area contributed by atoms with E-state index >= 15 is 0 Å². The zero-order valence-corrected chi connectivity index (χ0v) is 9.77. The van der Waals surface area contributed by atoms with Crippen LogP contribution in [0, 0.1) is 6.92 Å². The summed E-state index contributed by atoms with van der Waals surface area (Å²) in [5, 5.41) is 12.9. The van der Waals surface area contributed by atoms with Gasteiger partial charge in [0.2, 0.25) is 0 Å². The zero-order valence-electron chi connectivity index (χ0n) is 8.14. The standard InChI is InChI=1S/C8H10N4OS2/c1-6-5-15-8(13)12(6)2-3-14-7-4-9-11-10-7/h4-5H,2-3H2,1H3,(H,9,10,11). The number of aryl methyl sites for hydroxylation is 1. The Morgan fingerprint density at radius 1 is 1.67 bits per heavy atom. The van der Waals surface area contributed by atoms with Crippen LogP contribution in [0.5, 0.6) is 0 Å². The quantitative estimate of drug-likeness (QED) is 0.816. The van der Waals surface area contributed by atoms with E-state index in [2.05, 4.69) is 15.4 Å². The number of thioether (sulfide) groups is 1. The molecule has 0 saturated carbocycles. The molecular formula is C8H10N4OS2. The van der Waals surface area contributed by atoms with Crippen LogP contribution in [0.4, 0.5) is 0 Å². The highest BCUT2D eigenvalue weighted by atomic mass is 32.2. The molecule has 0 aliphatic rings. The summed E-state index contributed by atoms with van der Waals surface area (Å²) in [6.45, 7) is 2.66. The number of nitrogens with zero attached hydrogens (tertiary/aromatic N) is 3. The fourth-order valence-corrected chi connectivity index (χ4v) is 2.65. The molecule has 0 radical (unpaired) electrons. The maximum Gasteiger partial charge on any atom is 0.307 e. The average molecular weight is 242 g/mol. The molecule has 0 aliphatic heterocycles. The van der Waals surface area contributed by atoms with E-state index in [-0.39, 0.29) is 4.87 Å². The fraction of sp³-hybridized carbons (Fsp3) is 0.375. The van der Waals surface area contributed by atoms with Crippen molar-refractivity contribution in [2.45, 2.75) is 18.5 Å². The molecule has 2 aromatic rings. The van der Waals surface area contributed by atoms with E-state index < -0.39 is 0 Å². The molecule has 0 fully saturated rings. The van der Waals surface area contributed by atoms with Crippen LogP contribution in [-0.2, 0) is 6.54 Å². The molecule has 15 heavy (non-hydrogen) atoms. The van der Waals surface area contributed by atoms with Gasteiger partial charge < -0.3 is 4.57 Å². The minimum absolute atomic E-state index is 0.105. The van der Waals surface area contributed by atoms with E-state index in [0.717, 1.165) is 16.5 Å². The van der Waals surface area contributed by atoms with Crippen molar-refractivity contribution in [3.05, 3.63) is 26.9 Å². The van der Waals surface area contributed by atoms with Crippen molar-refractivity contribution in [2.75, 3.05) is 5.75 Å². The molecule has 2 aromatic heterocycles. The Hall–Kier alpha value is -1.08. The Kier molecular flexibility index (Phi) is 3.22. The highest BCUT2D eigenvalue weighted by Gasteiger charge is 2.03. The summed E-state index contributed by atoms with van der Waals surface area (Å²) in [7, 11) is 0. The van der Waals surface area contributed by atoms with Gasteiger partial charge in [-0.1, -0.05) is 11.3 Å². The number of aromatic nitrogens is 4. The van der Waals surface area contributed by atoms with Crippen LogP contribution in [0.3, 0.4) is 0 Å². The second-order valence-corrected chi connectivity index (χ2v) is 4.89. The maximum absolute atomic E-state index is 11.4. The predicted molar refractivity (Wildman–Crippen MR) is 60.4 cm³/mol. The van der Waals surface area contributed by atoms with Gasteiger partial charge in [0, 0.05) is 23.4 Å². The van der Waals surface area contributed by atoms with Gasteiger partial charge in [0.05, 0.1) is 6.20 Å². The molecule has 2 rings (SSSR count). The third kappa shape index (κ3) is 2.48. The second kappa shape index (κ2) is 4.63. The van der Waals surface area contributed by atoms with Crippen LogP contribution < -0.4 is 4.87 Å². The molecule has 0 saturated heterocycles. The van der Waals surface area contributed by atoms with Crippen molar-refractivity contribution >= 4 is 23.1 Å². The number of rotatable bonds is 4. The minimum Gasteiger partial charge on any atom is -0.303 e. The van der Waals surface area contributed by atoms with Crippen LogP contribution in [0.1, 0.15) is 5.69 Å². The Balaban J connectivity index is 1.91. The van der Waals surface area contributed by atoms with Gasteiger partial charge in [0.1, 0.15) is 5.03 Å². The topological polar surface area (TPSA) is 63.6 Å². The molecule has 0 spiro atoms. The van der Waals surface area contributed by atoms with E-state index in [1.807, 2.05) is 12.3 Å². The summed E-state index contributed by atoms with van der Waals surface area (Å²) in [6, 6.07) is 0. The average Bonchev–Trinajstić information content (AvgIpc) is 2.82. The van der Waals surface area contributed by atoms with Crippen molar-refractivity contribution < 1.29 is 0 Å². The number of thiazole rings is 1. The Labute approximate surface area is 94.5 Å². The summed E-state index contributed by atoms with van der Waals surface area (Å²) in [5.74, 6) is 0.823. The summed E-state index contributed by atoms with van der Waals surface area (Å²) in [5.41, 5.74) is 1.02. The summed E-state index contributed by atoms with van der Waals surface area (Å²) >= 11 is 2.83. The van der Waals surface area contributed by atoms with Gasteiger partial charge in [-0.2, -0.15) is 10.3 Å². The molecule has 5 nitrogen and oxygen atoms in total. The molecule has 0 aliphatic carbocycles. The predicted octanol–water partition coefficient (Wildman–Crippen LogP) is 1.13. The Bertz CT molecular complexity index is 473. The summed E-state index contributed by atoms with van der Waals surface area (Å²) < 4.78 is 1.78. The van der Waals surface area contributed by atoms with Crippen molar-refractivity contribution in [1.29, 1.82) is 0 Å². The second-order valence-electron chi connectivity index (χ2n) is 2.95. The Morgan fingerprint density at radius 2 is 2.53 bits per heavy atom. The van der Waals surface area contributed by atoms with E-state index in [0.29, 0.717) is 6.54 Å². The molecule has 0 atom stereocenters. The number of H-pyrrole nitrogens is 1. The number of hydrogen-bond donors (Lipinski definition) is 1. The van der Waals surface area contributed by atoms with Gasteiger partial charge in [-0.3, -0.25) is 4.79 Å². The number of hydrogen-bond acceptors (Lipinski definition) is 5. The minimum atomic E-state index is 0.105. The van der Waals surface area contributed by atoms with Crippen LogP contribution in [0.15, 0.2) is 21.4 Å². The Morgan fingerprint density at radius 3 is 3.13 bits per heavy atom. The zero-order chi connectivity index (χ0) is 10.7. The highest BCUT2D eigenvalue weighted by Crippen LogP contribution is 2.13. The van der Waals surface area contributed by atoms with Crippen molar-refractivity contribution in [1.82, 2.24) is 20.0 Å². The van der Waals surface area contributed by atoms with E-state index in [1.54, 1.807) is 22.5 Å².